The van der Waals surface area contributed by atoms with Crippen molar-refractivity contribution >= 4 is 28.8 Å². The van der Waals surface area contributed by atoms with Crippen LogP contribution in [0.2, 0.25) is 0 Å². The molecule has 0 saturated heterocycles. The molecule has 0 radical (unpaired) electrons. The Bertz CT molecular complexity index is 4030. The van der Waals surface area contributed by atoms with E-state index in [9.17, 15) is 0 Å². The fraction of sp³-hybridized carbons (Fsp3) is 0.0139. The van der Waals surface area contributed by atoms with E-state index < -0.39 is 0 Å². The van der Waals surface area contributed by atoms with Gasteiger partial charge >= 0.3 is 0 Å². The van der Waals surface area contributed by atoms with Gasteiger partial charge in [0.25, 0.3) is 0 Å². The Hall–Kier alpha value is -10.8. The second-order valence-corrected chi connectivity index (χ2v) is 19.1. The topological polar surface area (TPSA) is 92.9 Å². The molecule has 0 amide bonds. The van der Waals surface area contributed by atoms with Crippen LogP contribution in [0, 0.1) is 0 Å². The van der Waals surface area contributed by atoms with Crippen LogP contribution in [0.1, 0.15) is 12.5 Å². The molecule has 80 heavy (non-hydrogen) atoms. The molecule has 4 aromatic heterocycles. The molecule has 8 heteroatoms. The van der Waals surface area contributed by atoms with E-state index in [4.69, 9.17) is 15.0 Å². The molecular formula is C72H52N8. The molecule has 0 atom stereocenters. The number of allylic oxidation sites excluding steroid dienone is 2. The van der Waals surface area contributed by atoms with Crippen molar-refractivity contribution in [2.75, 3.05) is 4.90 Å². The molecule has 0 bridgehead atoms. The predicted molar refractivity (Wildman–Crippen MR) is 329 cm³/mol. The highest BCUT2D eigenvalue weighted by molar-refractivity contribution is 5.86. The molecule has 0 spiro atoms. The quantitative estimate of drug-likeness (QED) is 0.0746. The summed E-state index contributed by atoms with van der Waals surface area (Å²) in [5.74, 6) is 1.51. The summed E-state index contributed by atoms with van der Waals surface area (Å²) in [7, 11) is 0. The van der Waals surface area contributed by atoms with Crippen molar-refractivity contribution < 1.29 is 0 Å². The van der Waals surface area contributed by atoms with Crippen LogP contribution in [0.25, 0.3) is 106 Å². The first-order valence-corrected chi connectivity index (χ1v) is 26.4. The van der Waals surface area contributed by atoms with Gasteiger partial charge in [0, 0.05) is 100 Å². The van der Waals surface area contributed by atoms with Gasteiger partial charge in [0.05, 0.1) is 0 Å². The molecule has 0 aliphatic carbocycles. The summed E-state index contributed by atoms with van der Waals surface area (Å²) in [5, 5.41) is 0. The zero-order chi connectivity index (χ0) is 54.0. The van der Waals surface area contributed by atoms with Crippen LogP contribution in [0.3, 0.4) is 0 Å². The molecule has 4 heterocycles. The standard InChI is InChI=1S/C72H52N8/c1-3-50(46-73-4-2)61-39-62(58-23-13-35-74-47-58)42-65(41-61)71-77-70(78-72(79-71)66-43-63(59-24-14-36-75-48-59)40-64(44-66)60-25-15-37-76-49-60)57-22-11-20-55(38-57)56-21-12-26-69(45-56)80(67-31-27-53(28-32-67)51-16-7-5-8-17-51)68-33-29-54(30-34-68)52-18-9-6-10-19-52/h3-49H,1H2,2H3. The monoisotopic (exact) mass is 1030 g/mol. The number of rotatable bonds is 15. The molecule has 0 aliphatic rings. The van der Waals surface area contributed by atoms with Gasteiger partial charge in [-0.1, -0.05) is 146 Å². The second kappa shape index (κ2) is 23.2. The smallest absolute Gasteiger partial charge is 0.164 e. The lowest BCUT2D eigenvalue weighted by atomic mass is 9.96. The lowest BCUT2D eigenvalue weighted by Crippen LogP contribution is -2.10. The average molecular weight is 1030 g/mol. The third-order valence-electron chi connectivity index (χ3n) is 13.9. The number of hydrogen-bond donors (Lipinski definition) is 0. The van der Waals surface area contributed by atoms with Gasteiger partial charge in [0.15, 0.2) is 17.5 Å². The highest BCUT2D eigenvalue weighted by atomic mass is 15.1. The van der Waals surface area contributed by atoms with Crippen molar-refractivity contribution in [2.24, 2.45) is 4.99 Å². The first-order chi connectivity index (χ1) is 39.5. The second-order valence-electron chi connectivity index (χ2n) is 19.1. The van der Waals surface area contributed by atoms with Gasteiger partial charge < -0.3 is 4.90 Å². The number of nitrogens with zero attached hydrogens (tertiary/aromatic N) is 8. The molecule has 12 rings (SSSR count). The third kappa shape index (κ3) is 11.0. The first kappa shape index (κ1) is 50.0. The van der Waals surface area contributed by atoms with E-state index in [1.807, 2.05) is 68.1 Å². The minimum Gasteiger partial charge on any atom is -0.310 e. The van der Waals surface area contributed by atoms with Crippen LogP contribution < -0.4 is 4.90 Å². The first-order valence-electron chi connectivity index (χ1n) is 26.4. The van der Waals surface area contributed by atoms with Crippen molar-refractivity contribution in [1.29, 1.82) is 0 Å². The number of anilines is 3. The highest BCUT2D eigenvalue weighted by Crippen LogP contribution is 2.40. The number of pyridine rings is 3. The normalized spacial score (nSPS) is 11.4. The van der Waals surface area contributed by atoms with Gasteiger partial charge in [0.2, 0.25) is 0 Å². The lowest BCUT2D eigenvalue weighted by Gasteiger charge is -2.26. The fourth-order valence-corrected chi connectivity index (χ4v) is 9.92. The average Bonchev–Trinajstić information content (AvgIpc) is 3.55. The lowest BCUT2D eigenvalue weighted by molar-refractivity contribution is 1.07. The van der Waals surface area contributed by atoms with Crippen molar-refractivity contribution in [1.82, 2.24) is 29.9 Å². The van der Waals surface area contributed by atoms with Crippen LogP contribution in [-0.4, -0.2) is 36.1 Å². The SMILES string of the molecule is C=CC(=CN=CC)c1cc(-c2cccnc2)cc(-c2nc(-c3cccc(-c4cccc(N(c5ccc(-c6ccccc6)cc5)c5ccc(-c6ccccc6)cc5)c4)c3)nc(-c3cc(-c4cccnc4)cc(-c4cccnc4)c3)n2)c1. The van der Waals surface area contributed by atoms with Crippen molar-refractivity contribution in [3.63, 3.8) is 0 Å². The van der Waals surface area contributed by atoms with Crippen molar-refractivity contribution in [3.05, 3.63) is 292 Å². The Labute approximate surface area is 466 Å². The summed E-state index contributed by atoms with van der Waals surface area (Å²) >= 11 is 0. The van der Waals surface area contributed by atoms with Crippen LogP contribution in [0.5, 0.6) is 0 Å². The van der Waals surface area contributed by atoms with Crippen LogP contribution in [0.15, 0.2) is 292 Å². The van der Waals surface area contributed by atoms with E-state index in [0.29, 0.717) is 17.5 Å². The summed E-state index contributed by atoms with van der Waals surface area (Å²) in [6.07, 6.45) is 16.3. The molecule has 8 aromatic carbocycles. The third-order valence-corrected chi connectivity index (χ3v) is 13.9. The van der Waals surface area contributed by atoms with Gasteiger partial charge in [-0.25, -0.2) is 15.0 Å². The minimum atomic E-state index is 0.494. The van der Waals surface area contributed by atoms with Crippen molar-refractivity contribution in [3.8, 4) is 101 Å². The van der Waals surface area contributed by atoms with E-state index in [0.717, 1.165) is 101 Å². The maximum Gasteiger partial charge on any atom is 0.164 e. The molecule has 380 valence electrons. The number of aliphatic imine (C=N–C) groups is 1. The Balaban J connectivity index is 1.00. The summed E-state index contributed by atoms with van der Waals surface area (Å²) < 4.78 is 0. The summed E-state index contributed by atoms with van der Waals surface area (Å²) in [6, 6.07) is 80.4. The molecule has 0 aliphatic heterocycles. The van der Waals surface area contributed by atoms with Gasteiger partial charge in [-0.15, -0.1) is 0 Å². The summed E-state index contributed by atoms with van der Waals surface area (Å²) in [4.78, 5) is 36.3. The number of hydrogen-bond acceptors (Lipinski definition) is 8. The maximum absolute atomic E-state index is 5.36. The van der Waals surface area contributed by atoms with Gasteiger partial charge in [-0.3, -0.25) is 19.9 Å². The molecule has 0 fully saturated rings. The molecule has 8 nitrogen and oxygen atoms in total. The zero-order valence-corrected chi connectivity index (χ0v) is 43.9. The van der Waals surface area contributed by atoms with Crippen LogP contribution >= 0.6 is 0 Å². The molecule has 0 N–H and O–H groups in total. The Morgan fingerprint density at radius 3 is 1.23 bits per heavy atom. The zero-order valence-electron chi connectivity index (χ0n) is 43.9. The molecule has 0 unspecified atom stereocenters. The number of benzene rings is 8. The summed E-state index contributed by atoms with van der Waals surface area (Å²) in [6.45, 7) is 6.06. The highest BCUT2D eigenvalue weighted by Gasteiger charge is 2.19. The molecule has 12 aromatic rings. The maximum atomic E-state index is 5.36. The molecular weight excluding hydrogens is 977 g/mol. The van der Waals surface area contributed by atoms with E-state index in [1.165, 1.54) is 11.1 Å². The van der Waals surface area contributed by atoms with Crippen molar-refractivity contribution in [2.45, 2.75) is 6.92 Å². The van der Waals surface area contributed by atoms with E-state index in [-0.39, 0.29) is 0 Å². The van der Waals surface area contributed by atoms with Crippen LogP contribution in [-0.2, 0) is 0 Å². The van der Waals surface area contributed by atoms with E-state index in [1.54, 1.807) is 24.8 Å². The fourth-order valence-electron chi connectivity index (χ4n) is 9.92. The Kier molecular flexibility index (Phi) is 14.5. The van der Waals surface area contributed by atoms with Gasteiger partial charge in [-0.05, 0) is 165 Å². The Morgan fingerprint density at radius 1 is 0.350 bits per heavy atom. The molecule has 0 saturated carbocycles. The van der Waals surface area contributed by atoms with Gasteiger partial charge in [0.1, 0.15) is 0 Å². The number of aromatic nitrogens is 6. The largest absolute Gasteiger partial charge is 0.310 e. The minimum absolute atomic E-state index is 0.494. The van der Waals surface area contributed by atoms with E-state index >= 15 is 0 Å². The predicted octanol–water partition coefficient (Wildman–Crippen LogP) is 18.1. The Morgan fingerprint density at radius 2 is 0.738 bits per heavy atom. The van der Waals surface area contributed by atoms with Crippen LogP contribution in [0.4, 0.5) is 17.1 Å². The van der Waals surface area contributed by atoms with Gasteiger partial charge in [-0.2, -0.15) is 0 Å². The van der Waals surface area contributed by atoms with E-state index in [2.05, 4.69) is 232 Å². The summed E-state index contributed by atoms with van der Waals surface area (Å²) in [5.41, 5.74) is 19.7.